The van der Waals surface area contributed by atoms with Crippen molar-refractivity contribution in [3.05, 3.63) is 174 Å². The fourth-order valence-corrected chi connectivity index (χ4v) is 12.1. The Bertz CT molecular complexity index is 4560. The summed E-state index contributed by atoms with van der Waals surface area (Å²) in [7, 11) is -14.3. The fraction of sp³-hybridized carbons (Fsp3) is 0.222. The van der Waals surface area contributed by atoms with E-state index >= 15 is 0 Å². The van der Waals surface area contributed by atoms with Crippen molar-refractivity contribution >= 4 is 172 Å². The normalized spacial score (nSPS) is 12.8. The number of aliphatic imine (C=N–C) groups is 1. The minimum Gasteiger partial charge on any atom is -0.746 e. The van der Waals surface area contributed by atoms with E-state index in [0.29, 0.717) is 74.2 Å². The van der Waals surface area contributed by atoms with Gasteiger partial charge in [0, 0.05) is 55.6 Å². The molecule has 0 bridgehead atoms. The summed E-state index contributed by atoms with van der Waals surface area (Å²) in [4.78, 5) is 88.8. The molecule has 102 heavy (non-hydrogen) atoms. The van der Waals surface area contributed by atoms with E-state index in [2.05, 4.69) is 71.4 Å². The summed E-state index contributed by atoms with van der Waals surface area (Å²) in [5.41, 5.74) is 15.1. The number of aliphatic carboxylic acids is 2. The van der Waals surface area contributed by atoms with Gasteiger partial charge in [0.2, 0.25) is 0 Å². The number of phenolic OH excluding ortho intramolecular Hbond substituents is 1. The molecule has 0 aliphatic carbocycles. The molecule has 10 rings (SSSR count). The largest absolute Gasteiger partial charge is 0.746 e. The van der Waals surface area contributed by atoms with E-state index < -0.39 is 55.9 Å². The molecule has 0 fully saturated rings. The summed E-state index contributed by atoms with van der Waals surface area (Å²) in [5.74, 6) is -0.819. The molecule has 30 nitrogen and oxygen atoms in total. The maximum atomic E-state index is 12.3. The van der Waals surface area contributed by atoms with E-state index in [1.165, 1.54) is 53.7 Å². The number of carboxylic acid groups (broad SMARTS) is 2. The first-order chi connectivity index (χ1) is 48.3. The SMILES string of the molecule is CCOP(=O)(OCC)Oc1ccc2nc(C#N)ccc2c1.CCOP(OCC)C(=O)I.Cc1ccc([NH3+])cc1.ClCCl.N#Cc1ccc2cc(O)ccc2n1.N#Cc1ccc2cc(OP(=O)(O)O)ccc2n1.N[C@H](CS)C(=O)O.O=C(O)[C@H]1CSC(c2ccc3cc(OP(=O)([O-])O)ccc3n2)=N1. The van der Waals surface area contributed by atoms with Crippen molar-refractivity contribution in [2.24, 2.45) is 10.7 Å². The first-order valence-corrected chi connectivity index (χ1v) is 38.6. The van der Waals surface area contributed by atoms with Gasteiger partial charge in [-0.1, -0.05) is 23.8 Å². The number of nitrogens with two attached hydrogens (primary N) is 1. The number of halogens is 3. The number of thiol groups is 1. The van der Waals surface area contributed by atoms with E-state index in [4.69, 9.17) is 97.3 Å². The van der Waals surface area contributed by atoms with Crippen molar-refractivity contribution in [2.75, 3.05) is 43.3 Å². The number of carboxylic acids is 2. The molecule has 0 saturated heterocycles. The van der Waals surface area contributed by atoms with Crippen LogP contribution in [0, 0.1) is 40.9 Å². The van der Waals surface area contributed by atoms with Crippen LogP contribution in [0.5, 0.6) is 23.0 Å². The Morgan fingerprint density at radius 3 is 1.43 bits per heavy atom. The van der Waals surface area contributed by atoms with E-state index in [1.54, 1.807) is 121 Å². The van der Waals surface area contributed by atoms with Crippen molar-refractivity contribution < 1.29 is 100 Å². The van der Waals surface area contributed by atoms with Crippen LogP contribution in [0.15, 0.2) is 151 Å². The third-order valence-corrected chi connectivity index (χ3v) is 18.1. The summed E-state index contributed by atoms with van der Waals surface area (Å²) < 4.78 is 68.1. The van der Waals surface area contributed by atoms with Crippen molar-refractivity contribution in [3.8, 4) is 41.2 Å². The van der Waals surface area contributed by atoms with Gasteiger partial charge >= 0.3 is 35.4 Å². The predicted molar refractivity (Wildman–Crippen MR) is 397 cm³/mol. The molecule has 0 amide bonds. The lowest BCUT2D eigenvalue weighted by Crippen LogP contribution is -2.39. The Kier molecular flexibility index (Phi) is 39.5. The van der Waals surface area contributed by atoms with Gasteiger partial charge in [-0.05, 0) is 162 Å². The Balaban J connectivity index is 0.000000318. The maximum Gasteiger partial charge on any atom is 0.530 e. The molecule has 5 heterocycles. The number of benzene rings is 5. The van der Waals surface area contributed by atoms with Crippen LogP contribution >= 0.6 is 102 Å². The molecule has 3 atom stereocenters. The molecule has 11 N–H and O–H groups in total. The minimum atomic E-state index is -4.86. The Labute approximate surface area is 619 Å². The monoisotopic (exact) mass is 1670 g/mol. The number of hydrogen-bond acceptors (Lipinski definition) is 26. The zero-order valence-electron chi connectivity index (χ0n) is 54.5. The molecule has 1 aliphatic heterocycles. The number of pyridine rings is 4. The highest BCUT2D eigenvalue weighted by molar-refractivity contribution is 14.1. The van der Waals surface area contributed by atoms with Crippen LogP contribution in [0.1, 0.15) is 56.0 Å². The van der Waals surface area contributed by atoms with Crippen molar-refractivity contribution in [1.82, 2.24) is 19.9 Å². The molecular weight excluding hydrogens is 1600 g/mol. The number of phosphoric ester groups is 3. The topological polar surface area (TPSA) is 500 Å². The Morgan fingerprint density at radius 2 is 1.08 bits per heavy atom. The van der Waals surface area contributed by atoms with Crippen LogP contribution in [-0.4, -0.2) is 126 Å². The summed E-state index contributed by atoms with van der Waals surface area (Å²) in [5, 5.41) is 55.8. The summed E-state index contributed by atoms with van der Waals surface area (Å²) in [6, 6.07) is 44.2. The van der Waals surface area contributed by atoms with E-state index in [9.17, 15) is 33.0 Å². The van der Waals surface area contributed by atoms with Gasteiger partial charge in [0.05, 0.1) is 59.5 Å². The van der Waals surface area contributed by atoms with Gasteiger partial charge in [-0.15, -0.1) is 35.0 Å². The molecule has 4 aromatic heterocycles. The number of carbonyl (C=O) groups excluding carboxylic acids is 1. The molecule has 0 saturated carbocycles. The second-order valence-electron chi connectivity index (χ2n) is 19.2. The third kappa shape index (κ3) is 33.2. The lowest BCUT2D eigenvalue weighted by atomic mass is 10.2. The number of phosphoric acid groups is 3. The van der Waals surface area contributed by atoms with Gasteiger partial charge in [-0.2, -0.15) is 28.4 Å². The molecule has 5 aromatic carbocycles. The average molecular weight is 1670 g/mol. The van der Waals surface area contributed by atoms with Gasteiger partial charge in [0.1, 0.15) is 75.1 Å². The lowest BCUT2D eigenvalue weighted by Gasteiger charge is -2.17. The highest BCUT2D eigenvalue weighted by Crippen LogP contribution is 2.49. The van der Waals surface area contributed by atoms with Gasteiger partial charge in [-0.25, -0.2) is 33.9 Å². The number of hydrogen-bond donors (Lipinski definition) is 9. The van der Waals surface area contributed by atoms with Crippen LogP contribution in [0.25, 0.3) is 43.6 Å². The predicted octanol–water partition coefficient (Wildman–Crippen LogP) is 12.6. The number of thioether (sulfide) groups is 1. The number of carbonyl (C=O) groups is 3. The smallest absolute Gasteiger partial charge is 0.530 e. The second-order valence-corrected chi connectivity index (χ2v) is 28.6. The molecule has 9 aromatic rings. The fourth-order valence-electron chi connectivity index (χ4n) is 7.39. The lowest BCUT2D eigenvalue weighted by molar-refractivity contribution is -0.254. The van der Waals surface area contributed by atoms with E-state index in [1.807, 2.05) is 44.2 Å². The van der Waals surface area contributed by atoms with Gasteiger partial charge in [-0.3, -0.25) is 38.0 Å². The van der Waals surface area contributed by atoms with Gasteiger partial charge < -0.3 is 59.2 Å². The van der Waals surface area contributed by atoms with E-state index in [-0.39, 0.29) is 50.8 Å². The van der Waals surface area contributed by atoms with E-state index in [0.717, 1.165) is 22.0 Å². The van der Waals surface area contributed by atoms with Crippen molar-refractivity contribution in [1.29, 1.82) is 15.8 Å². The maximum absolute atomic E-state index is 12.3. The van der Waals surface area contributed by atoms with Crippen LogP contribution in [-0.2, 0) is 41.4 Å². The first-order valence-electron chi connectivity index (χ1n) is 29.2. The molecule has 0 radical (unpaired) electrons. The zero-order chi connectivity index (χ0) is 76.2. The third-order valence-electron chi connectivity index (χ3n) is 11.7. The number of aromatic hydroxyl groups is 1. The summed E-state index contributed by atoms with van der Waals surface area (Å²) >= 11 is 16.2. The van der Waals surface area contributed by atoms with Crippen molar-refractivity contribution in [3.63, 3.8) is 0 Å². The highest BCUT2D eigenvalue weighted by Gasteiger charge is 2.28. The molecular formula is C63H67Cl2IN10O20P4S2. The quantitative estimate of drug-likeness (QED) is 0.0119. The number of aryl methyl sites for hydroxylation is 1. The van der Waals surface area contributed by atoms with Crippen LogP contribution in [0.3, 0.4) is 0 Å². The Hall–Kier alpha value is -7.58. The Morgan fingerprint density at radius 1 is 0.667 bits per heavy atom. The minimum absolute atomic E-state index is 0.0218. The van der Waals surface area contributed by atoms with Gasteiger partial charge in [0.25, 0.3) is 11.9 Å². The van der Waals surface area contributed by atoms with Crippen LogP contribution in [0.4, 0.5) is 10.5 Å². The number of quaternary nitrogens is 1. The van der Waals surface area contributed by atoms with Crippen LogP contribution in [0.2, 0.25) is 0 Å². The first kappa shape index (κ1) is 88.6. The number of nitrogens with zero attached hydrogens (tertiary/aromatic N) is 8. The van der Waals surface area contributed by atoms with Crippen LogP contribution < -0.4 is 29.9 Å². The molecule has 542 valence electrons. The highest BCUT2D eigenvalue weighted by atomic mass is 127. The number of phenols is 1. The van der Waals surface area contributed by atoms with Gasteiger partial charge in [0.15, 0.2) is 6.04 Å². The number of nitriles is 3. The molecule has 1 unspecified atom stereocenters. The standard InChI is InChI=1S/C14H15N2O4P.C13H11N2O6PS.C10H7N2O4P.C10H6N2O.C7H9N.C5H10IO3P.C3H7NO2S.CH2Cl2/c1-3-18-21(17,19-4-2)20-13-7-8-14-11(9-13)5-6-12(10-15)16-14;16-13(17)11-6-23-12(15-11)10-3-1-7-5-8(21-22(18,19)20)2-4-9(7)14-10;11-6-8-2-1-7-5-9(16-17(13,14)15)3-4-10(7)12-8;11-6-8-2-1-7-5-9(13)3-4-10(7)12-8;1-6-2-4-7(8)5-3-6;1-3-8-10(5(6)7)9-4-2;4-2(1-7)3(5)6;2-1-3/h5-9H,3-4H2,1-2H3;1-5,11H,6H2,(H,16,17)(H2,18,19,20);1-5H,(H2,13,14,15);1-5,13H;2-5H,8H2,1H3;3-4H2,1-2H3;2,7H,1,4H2,(H,5,6);1H2/t;11-;;;;;2-;/m.1....1./s1. The van der Waals surface area contributed by atoms with Crippen molar-refractivity contribution in [2.45, 2.75) is 46.7 Å². The number of fused-ring (bicyclic) bond motifs is 4. The number of aromatic nitrogens is 4. The molecule has 1 aliphatic rings. The number of rotatable bonds is 19. The molecule has 0 spiro atoms. The molecule has 39 heteroatoms. The number of alkyl halides is 2. The zero-order valence-corrected chi connectivity index (χ0v) is 63.5. The second kappa shape index (κ2) is 45.5. The summed E-state index contributed by atoms with van der Waals surface area (Å²) in [6.45, 7) is 10.7. The summed E-state index contributed by atoms with van der Waals surface area (Å²) in [6.07, 6.45) is 0. The average Bonchev–Trinajstić information content (AvgIpc) is 1.18.